The van der Waals surface area contributed by atoms with E-state index in [2.05, 4.69) is 0 Å². The molecular formula is C11H14O3S. The maximum Gasteiger partial charge on any atom is 0.304 e. The molecule has 0 atom stereocenters. The van der Waals surface area contributed by atoms with Crippen LogP contribution in [-0.2, 0) is 10.2 Å². The Morgan fingerprint density at radius 3 is 2.80 bits per heavy atom. The number of carboxylic acids is 1. The Balaban J connectivity index is 2.25. The predicted octanol–water partition coefficient (Wildman–Crippen LogP) is 2.52. The molecule has 2 heterocycles. The second kappa shape index (κ2) is 4.31. The second-order valence-corrected chi connectivity index (χ2v) is 5.17. The number of furan rings is 1. The number of carbonyl (C=O) groups is 1. The Bertz CT molecular complexity index is 326. The molecule has 1 aromatic heterocycles. The third-order valence-corrected chi connectivity index (χ3v) is 3.97. The Labute approximate surface area is 92.9 Å². The van der Waals surface area contributed by atoms with Crippen molar-refractivity contribution in [1.82, 2.24) is 0 Å². The summed E-state index contributed by atoms with van der Waals surface area (Å²) >= 11 is 1.89. The van der Waals surface area contributed by atoms with Crippen molar-refractivity contribution in [3.8, 4) is 0 Å². The lowest BCUT2D eigenvalue weighted by molar-refractivity contribution is -0.138. The lowest BCUT2D eigenvalue weighted by atomic mass is 9.76. The van der Waals surface area contributed by atoms with Gasteiger partial charge in [0.15, 0.2) is 0 Å². The van der Waals surface area contributed by atoms with Crippen molar-refractivity contribution in [2.75, 3.05) is 11.5 Å². The summed E-state index contributed by atoms with van der Waals surface area (Å²) < 4.78 is 5.40. The molecule has 1 saturated heterocycles. The molecule has 0 radical (unpaired) electrons. The molecular weight excluding hydrogens is 212 g/mol. The minimum Gasteiger partial charge on any atom is -0.481 e. The van der Waals surface area contributed by atoms with E-state index in [1.165, 1.54) is 0 Å². The summed E-state index contributed by atoms with van der Waals surface area (Å²) in [6.45, 7) is 0. The van der Waals surface area contributed by atoms with Crippen LogP contribution < -0.4 is 0 Å². The van der Waals surface area contributed by atoms with Crippen LogP contribution in [0.15, 0.2) is 22.8 Å². The van der Waals surface area contributed by atoms with Crippen LogP contribution in [0.3, 0.4) is 0 Å². The predicted molar refractivity (Wildman–Crippen MR) is 59.2 cm³/mol. The van der Waals surface area contributed by atoms with Crippen LogP contribution in [-0.4, -0.2) is 22.6 Å². The van der Waals surface area contributed by atoms with Gasteiger partial charge in [0.2, 0.25) is 0 Å². The topological polar surface area (TPSA) is 50.4 Å². The van der Waals surface area contributed by atoms with Crippen molar-refractivity contribution in [3.05, 3.63) is 24.2 Å². The van der Waals surface area contributed by atoms with E-state index in [1.807, 2.05) is 23.9 Å². The Kier molecular flexibility index (Phi) is 3.05. The van der Waals surface area contributed by atoms with Gasteiger partial charge in [0, 0.05) is 5.41 Å². The molecule has 0 amide bonds. The summed E-state index contributed by atoms with van der Waals surface area (Å²) in [5.74, 6) is 2.14. The van der Waals surface area contributed by atoms with Crippen LogP contribution >= 0.6 is 11.8 Å². The zero-order valence-corrected chi connectivity index (χ0v) is 9.26. The monoisotopic (exact) mass is 226 g/mol. The van der Waals surface area contributed by atoms with Crippen molar-refractivity contribution < 1.29 is 14.3 Å². The molecule has 0 aliphatic carbocycles. The smallest absolute Gasteiger partial charge is 0.304 e. The quantitative estimate of drug-likeness (QED) is 0.860. The summed E-state index contributed by atoms with van der Waals surface area (Å²) in [5.41, 5.74) is -0.263. The molecule has 1 N–H and O–H groups in total. The van der Waals surface area contributed by atoms with Gasteiger partial charge in [0.1, 0.15) is 5.76 Å². The Morgan fingerprint density at radius 2 is 2.27 bits per heavy atom. The molecule has 15 heavy (non-hydrogen) atoms. The molecule has 0 unspecified atom stereocenters. The third kappa shape index (κ3) is 2.20. The number of hydrogen-bond acceptors (Lipinski definition) is 3. The van der Waals surface area contributed by atoms with Crippen molar-refractivity contribution in [1.29, 1.82) is 0 Å². The van der Waals surface area contributed by atoms with E-state index in [0.717, 1.165) is 30.1 Å². The number of hydrogen-bond donors (Lipinski definition) is 1. The minimum absolute atomic E-state index is 0.182. The summed E-state index contributed by atoms with van der Waals surface area (Å²) in [5, 5.41) is 8.98. The van der Waals surface area contributed by atoms with Gasteiger partial charge in [0.05, 0.1) is 12.7 Å². The molecule has 2 rings (SSSR count). The highest BCUT2D eigenvalue weighted by Crippen LogP contribution is 2.41. The first-order valence-electron chi connectivity index (χ1n) is 5.06. The molecule has 3 nitrogen and oxygen atoms in total. The van der Waals surface area contributed by atoms with E-state index in [0.29, 0.717) is 0 Å². The van der Waals surface area contributed by atoms with Crippen LogP contribution in [0.4, 0.5) is 0 Å². The SMILES string of the molecule is O=C(O)CC1(c2ccco2)CCSCC1. The zero-order chi connectivity index (χ0) is 10.7. The van der Waals surface area contributed by atoms with E-state index < -0.39 is 5.97 Å². The van der Waals surface area contributed by atoms with Crippen molar-refractivity contribution in [2.24, 2.45) is 0 Å². The minimum atomic E-state index is -0.738. The van der Waals surface area contributed by atoms with E-state index >= 15 is 0 Å². The van der Waals surface area contributed by atoms with Gasteiger partial charge in [0.25, 0.3) is 0 Å². The van der Waals surface area contributed by atoms with Gasteiger partial charge in [-0.3, -0.25) is 4.79 Å². The number of carboxylic acid groups (broad SMARTS) is 1. The standard InChI is InChI=1S/C11H14O3S/c12-10(13)8-11(3-6-15-7-4-11)9-2-1-5-14-9/h1-2,5H,3-4,6-8H2,(H,12,13). The Morgan fingerprint density at radius 1 is 1.53 bits per heavy atom. The van der Waals surface area contributed by atoms with Crippen LogP contribution in [0.25, 0.3) is 0 Å². The molecule has 0 spiro atoms. The second-order valence-electron chi connectivity index (χ2n) is 3.94. The van der Waals surface area contributed by atoms with Crippen LogP contribution in [0.5, 0.6) is 0 Å². The van der Waals surface area contributed by atoms with E-state index in [4.69, 9.17) is 9.52 Å². The van der Waals surface area contributed by atoms with Gasteiger partial charge in [-0.1, -0.05) is 0 Å². The van der Waals surface area contributed by atoms with Gasteiger partial charge >= 0.3 is 5.97 Å². The van der Waals surface area contributed by atoms with Crippen molar-refractivity contribution >= 4 is 17.7 Å². The first-order valence-corrected chi connectivity index (χ1v) is 6.22. The van der Waals surface area contributed by atoms with Crippen LogP contribution in [0.1, 0.15) is 25.0 Å². The van der Waals surface area contributed by atoms with Crippen LogP contribution in [0.2, 0.25) is 0 Å². The fourth-order valence-electron chi connectivity index (χ4n) is 2.14. The highest BCUT2D eigenvalue weighted by atomic mass is 32.2. The zero-order valence-electron chi connectivity index (χ0n) is 8.44. The van der Waals surface area contributed by atoms with E-state index in [9.17, 15) is 4.79 Å². The highest BCUT2D eigenvalue weighted by Gasteiger charge is 2.38. The largest absolute Gasteiger partial charge is 0.481 e. The first kappa shape index (κ1) is 10.6. The molecule has 1 aliphatic rings. The number of rotatable bonds is 3. The van der Waals surface area contributed by atoms with Gasteiger partial charge in [-0.15, -0.1) is 0 Å². The molecule has 1 aliphatic heterocycles. The summed E-state index contributed by atoms with van der Waals surface area (Å²) in [7, 11) is 0. The molecule has 0 bridgehead atoms. The van der Waals surface area contributed by atoms with Gasteiger partial charge in [-0.2, -0.15) is 11.8 Å². The molecule has 82 valence electrons. The molecule has 1 fully saturated rings. The molecule has 1 aromatic rings. The van der Waals surface area contributed by atoms with E-state index in [-0.39, 0.29) is 11.8 Å². The lowest BCUT2D eigenvalue weighted by Gasteiger charge is -2.33. The number of aliphatic carboxylic acids is 1. The Hall–Kier alpha value is -0.900. The third-order valence-electron chi connectivity index (χ3n) is 2.98. The fourth-order valence-corrected chi connectivity index (χ4v) is 3.42. The summed E-state index contributed by atoms with van der Waals surface area (Å²) in [4.78, 5) is 10.9. The van der Waals surface area contributed by atoms with Crippen molar-refractivity contribution in [2.45, 2.75) is 24.7 Å². The summed E-state index contributed by atoms with van der Waals surface area (Å²) in [6, 6.07) is 3.74. The van der Waals surface area contributed by atoms with Gasteiger partial charge in [-0.05, 0) is 36.5 Å². The maximum absolute atomic E-state index is 10.9. The highest BCUT2D eigenvalue weighted by molar-refractivity contribution is 7.99. The average Bonchev–Trinajstić information content (AvgIpc) is 2.71. The first-order chi connectivity index (χ1) is 7.23. The normalized spacial score (nSPS) is 20.0. The lowest BCUT2D eigenvalue weighted by Crippen LogP contribution is -2.33. The van der Waals surface area contributed by atoms with E-state index in [1.54, 1.807) is 6.26 Å². The van der Waals surface area contributed by atoms with Gasteiger partial charge < -0.3 is 9.52 Å². The molecule has 0 saturated carbocycles. The molecule has 4 heteroatoms. The summed E-state index contributed by atoms with van der Waals surface area (Å²) in [6.07, 6.45) is 3.61. The van der Waals surface area contributed by atoms with Crippen LogP contribution in [0, 0.1) is 0 Å². The number of thioether (sulfide) groups is 1. The van der Waals surface area contributed by atoms with Crippen molar-refractivity contribution in [3.63, 3.8) is 0 Å². The maximum atomic E-state index is 10.9. The molecule has 0 aromatic carbocycles. The fraction of sp³-hybridized carbons (Fsp3) is 0.545. The van der Waals surface area contributed by atoms with Gasteiger partial charge in [-0.25, -0.2) is 0 Å². The average molecular weight is 226 g/mol.